The van der Waals surface area contributed by atoms with E-state index in [0.29, 0.717) is 23.0 Å². The number of nitrogens with zero attached hydrogens (tertiary/aromatic N) is 3. The van der Waals surface area contributed by atoms with Gasteiger partial charge in [-0.25, -0.2) is 15.0 Å². The zero-order valence-electron chi connectivity index (χ0n) is 7.45. The van der Waals surface area contributed by atoms with Crippen LogP contribution in [0, 0.1) is 0 Å². The molecular formula is C9H5N3O3. The van der Waals surface area contributed by atoms with Gasteiger partial charge in [0.25, 0.3) is 0 Å². The Morgan fingerprint density at radius 3 is 2.20 bits per heavy atom. The lowest BCUT2D eigenvalue weighted by Crippen LogP contribution is -1.78. The van der Waals surface area contributed by atoms with Gasteiger partial charge >= 0.3 is 0 Å². The van der Waals surface area contributed by atoms with Gasteiger partial charge in [-0.1, -0.05) is 0 Å². The average molecular weight is 203 g/mol. The van der Waals surface area contributed by atoms with Crippen LogP contribution in [-0.2, 0) is 0 Å². The molecule has 6 heteroatoms. The molecule has 0 aliphatic carbocycles. The smallest absolute Gasteiger partial charge is 0.249 e. The van der Waals surface area contributed by atoms with E-state index < -0.39 is 0 Å². The van der Waals surface area contributed by atoms with Gasteiger partial charge in [-0.15, -0.1) is 0 Å². The van der Waals surface area contributed by atoms with Crippen molar-refractivity contribution in [2.24, 2.45) is 0 Å². The molecule has 0 saturated carbocycles. The standard InChI is InChI=1S/C9H5N3O3/c1-6(10-4-13-1)7-3-15-9(12-7)8-2-14-5-11-8/h1-5H. The van der Waals surface area contributed by atoms with E-state index >= 15 is 0 Å². The Kier molecular flexibility index (Phi) is 1.64. The Morgan fingerprint density at radius 1 is 0.800 bits per heavy atom. The van der Waals surface area contributed by atoms with E-state index in [1.807, 2.05) is 0 Å². The van der Waals surface area contributed by atoms with Crippen LogP contribution in [0.25, 0.3) is 23.0 Å². The zero-order chi connectivity index (χ0) is 10.1. The highest BCUT2D eigenvalue weighted by Gasteiger charge is 2.11. The van der Waals surface area contributed by atoms with Crippen molar-refractivity contribution in [3.8, 4) is 23.0 Å². The van der Waals surface area contributed by atoms with Crippen LogP contribution in [0.1, 0.15) is 0 Å². The van der Waals surface area contributed by atoms with Gasteiger partial charge in [0.1, 0.15) is 30.2 Å². The highest BCUT2D eigenvalue weighted by Crippen LogP contribution is 2.21. The maximum absolute atomic E-state index is 5.22. The van der Waals surface area contributed by atoms with E-state index in [2.05, 4.69) is 15.0 Å². The molecule has 0 aliphatic rings. The van der Waals surface area contributed by atoms with Gasteiger partial charge in [0.2, 0.25) is 5.89 Å². The Morgan fingerprint density at radius 2 is 1.53 bits per heavy atom. The number of aromatic nitrogens is 3. The highest BCUT2D eigenvalue weighted by molar-refractivity contribution is 5.55. The van der Waals surface area contributed by atoms with Crippen LogP contribution in [0.4, 0.5) is 0 Å². The number of hydrogen-bond acceptors (Lipinski definition) is 6. The molecule has 74 valence electrons. The third-order valence-electron chi connectivity index (χ3n) is 1.85. The molecule has 0 saturated heterocycles. The summed E-state index contributed by atoms with van der Waals surface area (Å²) in [4.78, 5) is 12.0. The molecule has 0 N–H and O–H groups in total. The van der Waals surface area contributed by atoms with Crippen molar-refractivity contribution in [1.29, 1.82) is 0 Å². The summed E-state index contributed by atoms with van der Waals surface area (Å²) < 4.78 is 14.9. The van der Waals surface area contributed by atoms with E-state index in [-0.39, 0.29) is 0 Å². The van der Waals surface area contributed by atoms with E-state index in [0.717, 1.165) is 0 Å². The maximum atomic E-state index is 5.22. The number of oxazole rings is 3. The Bertz CT molecular complexity index is 490. The van der Waals surface area contributed by atoms with Gasteiger partial charge < -0.3 is 13.3 Å². The molecule has 0 unspecified atom stereocenters. The van der Waals surface area contributed by atoms with Crippen molar-refractivity contribution in [3.05, 3.63) is 31.6 Å². The fourth-order valence-electron chi connectivity index (χ4n) is 1.17. The summed E-state index contributed by atoms with van der Waals surface area (Å²) in [5.41, 5.74) is 1.76. The SMILES string of the molecule is c1nc(-c2coc(-c3cocn3)n2)co1. The van der Waals surface area contributed by atoms with Crippen molar-refractivity contribution in [3.63, 3.8) is 0 Å². The molecule has 3 rings (SSSR count). The van der Waals surface area contributed by atoms with Crippen LogP contribution in [0.15, 0.2) is 44.8 Å². The first-order chi connectivity index (χ1) is 7.43. The quantitative estimate of drug-likeness (QED) is 0.633. The van der Waals surface area contributed by atoms with E-state index in [9.17, 15) is 0 Å². The first-order valence-electron chi connectivity index (χ1n) is 4.16. The second-order valence-corrected chi connectivity index (χ2v) is 2.79. The monoisotopic (exact) mass is 203 g/mol. The Hall–Kier alpha value is -2.37. The number of hydrogen-bond donors (Lipinski definition) is 0. The zero-order valence-corrected chi connectivity index (χ0v) is 7.45. The third-order valence-corrected chi connectivity index (χ3v) is 1.85. The van der Waals surface area contributed by atoms with Crippen LogP contribution in [0.5, 0.6) is 0 Å². The molecule has 0 aliphatic heterocycles. The molecule has 0 fully saturated rings. The lowest BCUT2D eigenvalue weighted by molar-refractivity contribution is 0.553. The topological polar surface area (TPSA) is 78.1 Å². The number of rotatable bonds is 2. The fourth-order valence-corrected chi connectivity index (χ4v) is 1.17. The highest BCUT2D eigenvalue weighted by atomic mass is 16.4. The molecule has 15 heavy (non-hydrogen) atoms. The summed E-state index contributed by atoms with van der Waals surface area (Å²) in [6.07, 6.45) is 7.08. The fraction of sp³-hybridized carbons (Fsp3) is 0. The molecule has 0 atom stereocenters. The average Bonchev–Trinajstić information content (AvgIpc) is 3.02. The van der Waals surface area contributed by atoms with Crippen LogP contribution in [0.2, 0.25) is 0 Å². The molecule has 0 aromatic carbocycles. The van der Waals surface area contributed by atoms with Crippen molar-refractivity contribution in [2.75, 3.05) is 0 Å². The van der Waals surface area contributed by atoms with Gasteiger partial charge in [-0.2, -0.15) is 0 Å². The van der Waals surface area contributed by atoms with Gasteiger partial charge in [-0.3, -0.25) is 0 Å². The van der Waals surface area contributed by atoms with E-state index in [1.54, 1.807) is 0 Å². The normalized spacial score (nSPS) is 10.7. The summed E-state index contributed by atoms with van der Waals surface area (Å²) in [7, 11) is 0. The summed E-state index contributed by atoms with van der Waals surface area (Å²) in [5, 5.41) is 0. The molecule has 0 amide bonds. The van der Waals surface area contributed by atoms with Crippen LogP contribution >= 0.6 is 0 Å². The van der Waals surface area contributed by atoms with Crippen molar-refractivity contribution < 1.29 is 13.3 Å². The summed E-state index contributed by atoms with van der Waals surface area (Å²) in [6.45, 7) is 0. The first kappa shape index (κ1) is 7.98. The molecule has 0 radical (unpaired) electrons. The van der Waals surface area contributed by atoms with Gasteiger partial charge in [0.15, 0.2) is 18.5 Å². The molecule has 3 aromatic heterocycles. The third kappa shape index (κ3) is 1.32. The predicted octanol–water partition coefficient (Wildman–Crippen LogP) is 1.98. The molecule has 3 aromatic rings. The van der Waals surface area contributed by atoms with Crippen molar-refractivity contribution in [1.82, 2.24) is 15.0 Å². The summed E-state index contributed by atoms with van der Waals surface area (Å²) in [6, 6.07) is 0. The molecule has 0 spiro atoms. The largest absolute Gasteiger partial charge is 0.451 e. The second kappa shape index (κ2) is 3.09. The maximum Gasteiger partial charge on any atom is 0.249 e. The van der Waals surface area contributed by atoms with Crippen molar-refractivity contribution >= 4 is 0 Å². The molecule has 6 nitrogen and oxygen atoms in total. The molecule has 0 bridgehead atoms. The minimum atomic E-state index is 0.391. The lowest BCUT2D eigenvalue weighted by atomic mass is 10.4. The summed E-state index contributed by atoms with van der Waals surface area (Å²) in [5.74, 6) is 0.391. The minimum Gasteiger partial charge on any atom is -0.451 e. The second-order valence-electron chi connectivity index (χ2n) is 2.79. The van der Waals surface area contributed by atoms with Crippen LogP contribution in [0.3, 0.4) is 0 Å². The van der Waals surface area contributed by atoms with Crippen molar-refractivity contribution in [2.45, 2.75) is 0 Å². The predicted molar refractivity (Wildman–Crippen MR) is 47.5 cm³/mol. The first-order valence-corrected chi connectivity index (χ1v) is 4.16. The van der Waals surface area contributed by atoms with Crippen LogP contribution < -0.4 is 0 Å². The molecular weight excluding hydrogens is 198 g/mol. The van der Waals surface area contributed by atoms with Gasteiger partial charge in [0.05, 0.1) is 0 Å². The Balaban J connectivity index is 2.02. The lowest BCUT2D eigenvalue weighted by Gasteiger charge is -1.83. The molecule has 3 heterocycles. The van der Waals surface area contributed by atoms with Gasteiger partial charge in [-0.05, 0) is 0 Å². The minimum absolute atomic E-state index is 0.391. The Labute approximate surface area is 83.6 Å². The van der Waals surface area contributed by atoms with Crippen LogP contribution in [-0.4, -0.2) is 15.0 Å². The van der Waals surface area contributed by atoms with Gasteiger partial charge in [0, 0.05) is 0 Å². The van der Waals surface area contributed by atoms with E-state index in [1.165, 1.54) is 31.6 Å². The summed E-state index contributed by atoms with van der Waals surface area (Å²) >= 11 is 0. The van der Waals surface area contributed by atoms with E-state index in [4.69, 9.17) is 13.3 Å².